The summed E-state index contributed by atoms with van der Waals surface area (Å²) >= 11 is 0. The fourth-order valence-corrected chi connectivity index (χ4v) is 5.90. The molecule has 5 aliphatic carbocycles. The van der Waals surface area contributed by atoms with E-state index in [1.807, 2.05) is 0 Å². The van der Waals surface area contributed by atoms with E-state index in [0.717, 1.165) is 0 Å². The second kappa shape index (κ2) is 7.14. The molecule has 0 saturated heterocycles. The van der Waals surface area contributed by atoms with Crippen molar-refractivity contribution in [1.82, 2.24) is 0 Å². The number of hydrogen-bond donors (Lipinski definition) is 0. The second-order valence-electron chi connectivity index (χ2n) is 8.38. The largest absolute Gasteiger partial charge is 0.491 e. The second-order valence-corrected chi connectivity index (χ2v) is 8.38. The monoisotopic (exact) mass is 370 g/mol. The lowest BCUT2D eigenvalue weighted by Gasteiger charge is -2.39. The van der Waals surface area contributed by atoms with Crippen LogP contribution in [-0.2, 0) is 9.47 Å². The highest BCUT2D eigenvalue weighted by Crippen LogP contribution is 2.64. The van der Waals surface area contributed by atoms with E-state index in [2.05, 4.69) is 12.2 Å². The predicted molar refractivity (Wildman–Crippen MR) is 104 cm³/mol. The Bertz CT molecular complexity index is 692. The van der Waals surface area contributed by atoms with E-state index in [4.69, 9.17) is 18.9 Å². The molecular formula is C23H30O4. The average molecular weight is 370 g/mol. The van der Waals surface area contributed by atoms with Gasteiger partial charge in [0.2, 0.25) is 0 Å². The van der Waals surface area contributed by atoms with Crippen molar-refractivity contribution in [3.63, 3.8) is 0 Å². The van der Waals surface area contributed by atoms with Gasteiger partial charge in [-0.15, -0.1) is 0 Å². The number of rotatable bonds is 8. The van der Waals surface area contributed by atoms with Crippen molar-refractivity contribution in [3.8, 4) is 11.5 Å². The number of benzene rings is 1. The minimum Gasteiger partial charge on any atom is -0.491 e. The summed E-state index contributed by atoms with van der Waals surface area (Å²) in [6.07, 6.45) is 11.1. The van der Waals surface area contributed by atoms with E-state index in [-0.39, 0.29) is 0 Å². The van der Waals surface area contributed by atoms with Gasteiger partial charge in [0.1, 0.15) is 24.7 Å². The van der Waals surface area contributed by atoms with Crippen LogP contribution >= 0.6 is 0 Å². The highest BCUT2D eigenvalue weighted by Gasteiger charge is 2.46. The van der Waals surface area contributed by atoms with Crippen molar-refractivity contribution in [2.45, 2.75) is 55.8 Å². The van der Waals surface area contributed by atoms with Crippen molar-refractivity contribution in [1.29, 1.82) is 0 Å². The van der Waals surface area contributed by atoms with Gasteiger partial charge in [0, 0.05) is 48.3 Å². The topological polar surface area (TPSA) is 36.9 Å². The number of allylic oxidation sites excluding steroid dienone is 2. The zero-order chi connectivity index (χ0) is 18.4. The number of ether oxygens (including phenoxy) is 4. The molecule has 4 heteroatoms. The highest BCUT2D eigenvalue weighted by atomic mass is 16.5. The summed E-state index contributed by atoms with van der Waals surface area (Å²) in [7, 11) is 3.48. The zero-order valence-electron chi connectivity index (χ0n) is 16.5. The molecule has 5 aliphatic rings. The molecule has 0 N–H and O–H groups in total. The predicted octanol–water partition coefficient (Wildman–Crippen LogP) is 4.63. The molecule has 1 saturated carbocycles. The molecule has 27 heavy (non-hydrogen) atoms. The van der Waals surface area contributed by atoms with Crippen LogP contribution < -0.4 is 9.47 Å². The molecule has 0 amide bonds. The van der Waals surface area contributed by atoms with Crippen LogP contribution in [0.3, 0.4) is 0 Å². The van der Waals surface area contributed by atoms with Gasteiger partial charge >= 0.3 is 0 Å². The molecule has 0 unspecified atom stereocenters. The first-order chi connectivity index (χ1) is 13.3. The fourth-order valence-electron chi connectivity index (χ4n) is 5.90. The first kappa shape index (κ1) is 17.6. The molecule has 0 aliphatic heterocycles. The molecule has 1 aromatic carbocycles. The molecule has 4 bridgehead atoms. The molecule has 4 atom stereocenters. The SMILES string of the molecule is COCCOc1c2c(c(OCCOC)c3c1[C@@H]1C=C[C@H]3CC1)[C@@H]1CC[C@H]2C1. The Kier molecular flexibility index (Phi) is 4.65. The first-order valence-corrected chi connectivity index (χ1v) is 10.5. The van der Waals surface area contributed by atoms with Crippen LogP contribution in [0.15, 0.2) is 12.2 Å². The summed E-state index contributed by atoms with van der Waals surface area (Å²) in [6.45, 7) is 2.51. The van der Waals surface area contributed by atoms with Crippen molar-refractivity contribution in [2.75, 3.05) is 40.6 Å². The van der Waals surface area contributed by atoms with Gasteiger partial charge < -0.3 is 18.9 Å². The molecule has 0 radical (unpaired) electrons. The van der Waals surface area contributed by atoms with Gasteiger partial charge in [-0.25, -0.2) is 0 Å². The van der Waals surface area contributed by atoms with Crippen LogP contribution in [0.2, 0.25) is 0 Å². The van der Waals surface area contributed by atoms with Gasteiger partial charge in [-0.3, -0.25) is 0 Å². The minimum absolute atomic E-state index is 0.469. The molecule has 1 aromatic rings. The normalized spacial score (nSPS) is 29.1. The summed E-state index contributed by atoms with van der Waals surface area (Å²) in [6, 6.07) is 0. The highest BCUT2D eigenvalue weighted by molar-refractivity contribution is 5.69. The van der Waals surface area contributed by atoms with Gasteiger partial charge in [0.05, 0.1) is 13.2 Å². The maximum atomic E-state index is 6.43. The molecule has 4 nitrogen and oxygen atoms in total. The lowest BCUT2D eigenvalue weighted by atomic mass is 9.68. The number of fused-ring (bicyclic) bond motifs is 6. The Balaban J connectivity index is 1.66. The third-order valence-corrected chi connectivity index (χ3v) is 6.98. The summed E-state index contributed by atoms with van der Waals surface area (Å²) in [5.41, 5.74) is 5.77. The van der Waals surface area contributed by atoms with Crippen molar-refractivity contribution in [2.24, 2.45) is 0 Å². The standard InChI is InChI=1S/C23H30O4/c1-24-9-11-26-22-18-14-3-5-15(6-4-14)19(18)23(27-12-10-25-2)21-17-8-7-16(13-17)20(21)22/h3,5,14-17H,4,6-13H2,1-2H3/t14-,15+,16+,17-. The number of hydrogen-bond acceptors (Lipinski definition) is 4. The van der Waals surface area contributed by atoms with E-state index >= 15 is 0 Å². The fraction of sp³-hybridized carbons (Fsp3) is 0.652. The zero-order valence-corrected chi connectivity index (χ0v) is 16.5. The van der Waals surface area contributed by atoms with E-state index in [1.165, 1.54) is 65.9 Å². The van der Waals surface area contributed by atoms with Gasteiger partial charge in [0.25, 0.3) is 0 Å². The van der Waals surface area contributed by atoms with Crippen molar-refractivity contribution in [3.05, 3.63) is 34.4 Å². The van der Waals surface area contributed by atoms with Crippen molar-refractivity contribution < 1.29 is 18.9 Å². The van der Waals surface area contributed by atoms with Gasteiger partial charge in [-0.05, 0) is 43.9 Å². The van der Waals surface area contributed by atoms with Gasteiger partial charge in [0.15, 0.2) is 0 Å². The maximum Gasteiger partial charge on any atom is 0.127 e. The van der Waals surface area contributed by atoms with Crippen LogP contribution in [0.4, 0.5) is 0 Å². The van der Waals surface area contributed by atoms with Crippen molar-refractivity contribution >= 4 is 0 Å². The molecule has 0 spiro atoms. The Labute approximate surface area is 161 Å². The molecule has 6 rings (SSSR count). The van der Waals surface area contributed by atoms with E-state index in [1.54, 1.807) is 14.2 Å². The van der Waals surface area contributed by atoms with Crippen LogP contribution in [0.25, 0.3) is 0 Å². The minimum atomic E-state index is 0.469. The van der Waals surface area contributed by atoms with Gasteiger partial charge in [-0.1, -0.05) is 12.2 Å². The van der Waals surface area contributed by atoms with Crippen LogP contribution in [0.1, 0.15) is 78.0 Å². The maximum absolute atomic E-state index is 6.43. The lowest BCUT2D eigenvalue weighted by molar-refractivity contribution is 0.141. The number of methoxy groups -OCH3 is 2. The Morgan fingerprint density at radius 3 is 1.56 bits per heavy atom. The molecule has 0 aromatic heterocycles. The smallest absolute Gasteiger partial charge is 0.127 e. The third-order valence-electron chi connectivity index (χ3n) is 6.98. The Morgan fingerprint density at radius 2 is 1.15 bits per heavy atom. The van der Waals surface area contributed by atoms with E-state index < -0.39 is 0 Å². The summed E-state index contributed by atoms with van der Waals surface area (Å²) in [5.74, 6) is 4.59. The first-order valence-electron chi connectivity index (χ1n) is 10.5. The van der Waals surface area contributed by atoms with Gasteiger partial charge in [-0.2, -0.15) is 0 Å². The van der Waals surface area contributed by atoms with Crippen LogP contribution in [0, 0.1) is 0 Å². The summed E-state index contributed by atoms with van der Waals surface area (Å²) < 4.78 is 23.4. The third kappa shape index (κ3) is 2.72. The molecule has 0 heterocycles. The summed E-state index contributed by atoms with van der Waals surface area (Å²) in [5, 5.41) is 0. The van der Waals surface area contributed by atoms with Crippen LogP contribution in [-0.4, -0.2) is 40.6 Å². The Morgan fingerprint density at radius 1 is 0.667 bits per heavy atom. The molecule has 1 fully saturated rings. The lowest BCUT2D eigenvalue weighted by Crippen LogP contribution is -2.23. The van der Waals surface area contributed by atoms with E-state index in [0.29, 0.717) is 50.1 Å². The molecule has 146 valence electrons. The molecular weight excluding hydrogens is 340 g/mol. The van der Waals surface area contributed by atoms with E-state index in [9.17, 15) is 0 Å². The average Bonchev–Trinajstić information content (AvgIpc) is 3.32. The summed E-state index contributed by atoms with van der Waals surface area (Å²) in [4.78, 5) is 0. The quantitative estimate of drug-likeness (QED) is 0.494. The van der Waals surface area contributed by atoms with Crippen LogP contribution in [0.5, 0.6) is 11.5 Å². The Hall–Kier alpha value is -1.52.